The highest BCUT2D eigenvalue weighted by Crippen LogP contribution is 2.38. The molecule has 164 valence electrons. The minimum absolute atomic E-state index is 0.118. The summed E-state index contributed by atoms with van der Waals surface area (Å²) in [6.45, 7) is 0.118. The van der Waals surface area contributed by atoms with Crippen LogP contribution in [0, 0.1) is 11.7 Å². The van der Waals surface area contributed by atoms with Crippen LogP contribution in [-0.2, 0) is 4.79 Å². The first-order valence-corrected chi connectivity index (χ1v) is 11.6. The van der Waals surface area contributed by atoms with Crippen LogP contribution in [0.4, 0.5) is 4.39 Å². The van der Waals surface area contributed by atoms with E-state index in [0.717, 1.165) is 51.4 Å². The molecule has 1 fully saturated rings. The van der Waals surface area contributed by atoms with E-state index in [9.17, 15) is 19.4 Å². The zero-order valence-electron chi connectivity index (χ0n) is 16.8. The van der Waals surface area contributed by atoms with E-state index in [1.165, 1.54) is 12.1 Å². The SMILES string of the molecule is O=C(O)CCCCCCCC1C(O)CCC1SCC(O)COc1cccc(F)c1. The second-order valence-corrected chi connectivity index (χ2v) is 9.07. The predicted octanol–water partition coefficient (Wildman–Crippen LogP) is 4.25. The minimum atomic E-state index is -0.734. The van der Waals surface area contributed by atoms with Gasteiger partial charge in [0.1, 0.15) is 18.2 Å². The summed E-state index contributed by atoms with van der Waals surface area (Å²) >= 11 is 1.69. The Bertz CT molecular complexity index is 615. The van der Waals surface area contributed by atoms with Crippen LogP contribution >= 0.6 is 11.8 Å². The Labute approximate surface area is 176 Å². The molecule has 1 aromatic carbocycles. The largest absolute Gasteiger partial charge is 0.491 e. The number of rotatable bonds is 14. The van der Waals surface area contributed by atoms with Crippen molar-refractivity contribution < 1.29 is 29.2 Å². The van der Waals surface area contributed by atoms with Crippen molar-refractivity contribution in [1.82, 2.24) is 0 Å². The Balaban J connectivity index is 1.62. The molecular formula is C22H33FO5S. The minimum Gasteiger partial charge on any atom is -0.491 e. The Morgan fingerprint density at radius 2 is 1.97 bits per heavy atom. The number of thioether (sulfide) groups is 1. The normalized spacial score (nSPS) is 22.5. The number of benzene rings is 1. The lowest BCUT2D eigenvalue weighted by molar-refractivity contribution is -0.137. The van der Waals surface area contributed by atoms with Gasteiger partial charge in [0.2, 0.25) is 0 Å². The molecule has 0 saturated heterocycles. The summed E-state index contributed by atoms with van der Waals surface area (Å²) in [7, 11) is 0. The van der Waals surface area contributed by atoms with Crippen LogP contribution in [0.5, 0.6) is 5.75 Å². The Morgan fingerprint density at radius 3 is 2.72 bits per heavy atom. The molecule has 29 heavy (non-hydrogen) atoms. The highest BCUT2D eigenvalue weighted by Gasteiger charge is 2.34. The Hall–Kier alpha value is -1.31. The van der Waals surface area contributed by atoms with Gasteiger partial charge in [-0.25, -0.2) is 4.39 Å². The van der Waals surface area contributed by atoms with Gasteiger partial charge in [-0.15, -0.1) is 0 Å². The molecule has 1 aliphatic carbocycles. The molecule has 0 radical (unpaired) electrons. The third-order valence-corrected chi connectivity index (χ3v) is 6.98. The van der Waals surface area contributed by atoms with Gasteiger partial charge >= 0.3 is 5.97 Å². The quantitative estimate of drug-likeness (QED) is 0.384. The van der Waals surface area contributed by atoms with Gasteiger partial charge in [0.05, 0.1) is 12.2 Å². The molecule has 3 N–H and O–H groups in total. The van der Waals surface area contributed by atoms with E-state index in [0.29, 0.717) is 16.8 Å². The summed E-state index contributed by atoms with van der Waals surface area (Å²) in [5.41, 5.74) is 0. The standard InChI is InChI=1S/C22H33FO5S/c23-16-7-6-8-18(13-16)28-14-17(24)15-29-21-12-11-20(25)19(21)9-4-2-1-3-5-10-22(26)27/h6-8,13,17,19-21,24-25H,1-5,9-12,14-15H2,(H,26,27). The fourth-order valence-corrected chi connectivity index (χ4v) is 5.25. The van der Waals surface area contributed by atoms with E-state index in [4.69, 9.17) is 9.84 Å². The lowest BCUT2D eigenvalue weighted by Crippen LogP contribution is -2.25. The molecule has 0 aromatic heterocycles. The summed E-state index contributed by atoms with van der Waals surface area (Å²) in [5, 5.41) is 29.5. The van der Waals surface area contributed by atoms with E-state index in [-0.39, 0.29) is 30.9 Å². The van der Waals surface area contributed by atoms with Crippen molar-refractivity contribution in [1.29, 1.82) is 0 Å². The zero-order chi connectivity index (χ0) is 21.1. The van der Waals surface area contributed by atoms with Crippen LogP contribution in [0.3, 0.4) is 0 Å². The number of carboxylic acid groups (broad SMARTS) is 1. The smallest absolute Gasteiger partial charge is 0.303 e. The summed E-state index contributed by atoms with van der Waals surface area (Å²) < 4.78 is 18.6. The van der Waals surface area contributed by atoms with Crippen LogP contribution in [0.25, 0.3) is 0 Å². The first-order chi connectivity index (χ1) is 14.0. The van der Waals surface area contributed by atoms with E-state index in [1.54, 1.807) is 23.9 Å². The maximum Gasteiger partial charge on any atom is 0.303 e. The number of aliphatic hydroxyl groups is 2. The molecule has 1 aliphatic rings. The van der Waals surface area contributed by atoms with Crippen LogP contribution in [0.2, 0.25) is 0 Å². The molecule has 7 heteroatoms. The van der Waals surface area contributed by atoms with Crippen LogP contribution in [-0.4, -0.2) is 51.1 Å². The molecule has 0 heterocycles. The van der Waals surface area contributed by atoms with E-state index in [2.05, 4.69) is 0 Å². The Kier molecular flexibility index (Phi) is 10.8. The summed E-state index contributed by atoms with van der Waals surface area (Å²) in [5.74, 6) is 0.0821. The topological polar surface area (TPSA) is 87.0 Å². The van der Waals surface area contributed by atoms with Gasteiger partial charge in [0.15, 0.2) is 0 Å². The zero-order valence-corrected chi connectivity index (χ0v) is 17.7. The van der Waals surface area contributed by atoms with Gasteiger partial charge in [-0.3, -0.25) is 4.79 Å². The van der Waals surface area contributed by atoms with Gasteiger partial charge in [-0.05, 0) is 43.7 Å². The van der Waals surface area contributed by atoms with E-state index >= 15 is 0 Å². The lowest BCUT2D eigenvalue weighted by Gasteiger charge is -2.23. The van der Waals surface area contributed by atoms with E-state index in [1.807, 2.05) is 0 Å². The summed E-state index contributed by atoms with van der Waals surface area (Å²) in [4.78, 5) is 10.5. The van der Waals surface area contributed by atoms with E-state index < -0.39 is 12.1 Å². The molecule has 4 unspecified atom stereocenters. The van der Waals surface area contributed by atoms with Gasteiger partial charge in [-0.1, -0.05) is 31.7 Å². The van der Waals surface area contributed by atoms with Crippen molar-refractivity contribution in [3.8, 4) is 5.75 Å². The number of unbranched alkanes of at least 4 members (excludes halogenated alkanes) is 4. The molecule has 1 aromatic rings. The number of aliphatic hydroxyl groups excluding tert-OH is 2. The molecule has 1 saturated carbocycles. The van der Waals surface area contributed by atoms with Crippen molar-refractivity contribution in [3.05, 3.63) is 30.1 Å². The third kappa shape index (κ3) is 9.36. The predicted molar refractivity (Wildman–Crippen MR) is 113 cm³/mol. The number of carboxylic acids is 1. The van der Waals surface area contributed by atoms with Crippen molar-refractivity contribution >= 4 is 17.7 Å². The maximum absolute atomic E-state index is 13.2. The number of hydrogen-bond donors (Lipinski definition) is 3. The first-order valence-electron chi connectivity index (χ1n) is 10.5. The molecule has 2 rings (SSSR count). The van der Waals surface area contributed by atoms with Gasteiger partial charge in [0.25, 0.3) is 0 Å². The number of halogens is 1. The lowest BCUT2D eigenvalue weighted by atomic mass is 9.97. The third-order valence-electron chi connectivity index (χ3n) is 5.39. The van der Waals surface area contributed by atoms with Gasteiger partial charge in [-0.2, -0.15) is 11.8 Å². The first kappa shape index (κ1) is 24.0. The van der Waals surface area contributed by atoms with Crippen molar-refractivity contribution in [2.45, 2.75) is 75.2 Å². The molecular weight excluding hydrogens is 395 g/mol. The molecule has 5 nitrogen and oxygen atoms in total. The number of carbonyl (C=O) groups is 1. The van der Waals surface area contributed by atoms with Crippen LogP contribution in [0.1, 0.15) is 57.8 Å². The van der Waals surface area contributed by atoms with Crippen molar-refractivity contribution in [2.24, 2.45) is 5.92 Å². The fourth-order valence-electron chi connectivity index (χ4n) is 3.81. The average Bonchev–Trinajstić information content (AvgIpc) is 3.03. The van der Waals surface area contributed by atoms with Crippen molar-refractivity contribution in [2.75, 3.05) is 12.4 Å². The molecule has 0 aliphatic heterocycles. The highest BCUT2D eigenvalue weighted by atomic mass is 32.2. The average molecular weight is 429 g/mol. The molecule has 0 bridgehead atoms. The fraction of sp³-hybridized carbons (Fsp3) is 0.682. The number of hydrogen-bond acceptors (Lipinski definition) is 5. The number of ether oxygens (including phenoxy) is 1. The van der Waals surface area contributed by atoms with Crippen LogP contribution < -0.4 is 4.74 Å². The number of aliphatic carboxylic acids is 1. The Morgan fingerprint density at radius 1 is 1.21 bits per heavy atom. The second kappa shape index (κ2) is 13.1. The molecule has 0 amide bonds. The van der Waals surface area contributed by atoms with Gasteiger partial charge in [0, 0.05) is 23.5 Å². The van der Waals surface area contributed by atoms with Crippen LogP contribution in [0.15, 0.2) is 24.3 Å². The van der Waals surface area contributed by atoms with Gasteiger partial charge < -0.3 is 20.1 Å². The summed E-state index contributed by atoms with van der Waals surface area (Å²) in [6.07, 6.45) is 6.84. The molecule has 0 spiro atoms. The second-order valence-electron chi connectivity index (χ2n) is 7.80. The monoisotopic (exact) mass is 428 g/mol. The maximum atomic E-state index is 13.2. The van der Waals surface area contributed by atoms with Crippen molar-refractivity contribution in [3.63, 3.8) is 0 Å². The summed E-state index contributed by atoms with van der Waals surface area (Å²) in [6, 6.07) is 5.88. The highest BCUT2D eigenvalue weighted by molar-refractivity contribution is 7.99. The molecule has 4 atom stereocenters.